The number of hydrogen-bond donors (Lipinski definition) is 3. The highest BCUT2D eigenvalue weighted by atomic mass is 16.3. The number of carbonyl (C=O) groups excluding carboxylic acids is 2. The molecule has 1 aromatic heterocycles. The van der Waals surface area contributed by atoms with Gasteiger partial charge in [-0.1, -0.05) is 11.6 Å². The lowest BCUT2D eigenvalue weighted by Gasteiger charge is -2.32. The number of aliphatic hydroxyl groups is 1. The van der Waals surface area contributed by atoms with E-state index in [4.69, 9.17) is 0 Å². The fourth-order valence-electron chi connectivity index (χ4n) is 3.38. The van der Waals surface area contributed by atoms with Gasteiger partial charge in [0.1, 0.15) is 0 Å². The van der Waals surface area contributed by atoms with Gasteiger partial charge in [0.25, 0.3) is 5.91 Å². The summed E-state index contributed by atoms with van der Waals surface area (Å²) in [5.41, 5.74) is 2.93. The molecule has 0 radical (unpaired) electrons. The van der Waals surface area contributed by atoms with Crippen molar-refractivity contribution in [1.29, 1.82) is 0 Å². The van der Waals surface area contributed by atoms with Gasteiger partial charge in [0.15, 0.2) is 0 Å². The quantitative estimate of drug-likeness (QED) is 0.796. The van der Waals surface area contributed by atoms with Gasteiger partial charge in [-0.2, -0.15) is 0 Å². The number of nitrogens with zero attached hydrogens (tertiary/aromatic N) is 1. The van der Waals surface area contributed by atoms with Gasteiger partial charge in [0.05, 0.1) is 18.7 Å². The molecule has 0 bridgehead atoms. The first-order valence-electron chi connectivity index (χ1n) is 8.53. The molecule has 134 valence electrons. The van der Waals surface area contributed by atoms with Crippen LogP contribution in [0.25, 0.3) is 10.9 Å². The van der Waals surface area contributed by atoms with Gasteiger partial charge >= 0.3 is 0 Å². The highest BCUT2D eigenvalue weighted by Crippen LogP contribution is 2.33. The number of aromatic amines is 1. The van der Waals surface area contributed by atoms with Crippen LogP contribution in [-0.2, 0) is 4.79 Å². The van der Waals surface area contributed by atoms with Crippen molar-refractivity contribution in [2.45, 2.75) is 39.2 Å². The second kappa shape index (κ2) is 6.19. The lowest BCUT2D eigenvalue weighted by atomic mass is 9.94. The van der Waals surface area contributed by atoms with Crippen LogP contribution >= 0.6 is 0 Å². The van der Waals surface area contributed by atoms with E-state index >= 15 is 0 Å². The smallest absolute Gasteiger partial charge is 0.256 e. The molecule has 2 aromatic rings. The zero-order chi connectivity index (χ0) is 18.4. The van der Waals surface area contributed by atoms with Gasteiger partial charge in [-0.3, -0.25) is 9.59 Å². The average Bonchev–Trinajstić information content (AvgIpc) is 2.87. The number of amides is 2. The van der Waals surface area contributed by atoms with Crippen LogP contribution in [0.4, 0.5) is 0 Å². The number of rotatable bonds is 3. The van der Waals surface area contributed by atoms with E-state index in [-0.39, 0.29) is 36.4 Å². The minimum absolute atomic E-state index is 0.00939. The minimum atomic E-state index is -0.352. The number of hydrogen-bond acceptors (Lipinski definition) is 3. The fraction of sp³-hybridized carbons (Fsp3) is 0.474. The summed E-state index contributed by atoms with van der Waals surface area (Å²) in [4.78, 5) is 30.1. The van der Waals surface area contributed by atoms with Crippen LogP contribution in [-0.4, -0.2) is 52.0 Å². The molecule has 6 nitrogen and oxygen atoms in total. The summed E-state index contributed by atoms with van der Waals surface area (Å²) in [6.07, 6.45) is 0. The van der Waals surface area contributed by atoms with Crippen molar-refractivity contribution in [3.05, 3.63) is 35.0 Å². The van der Waals surface area contributed by atoms with E-state index in [2.05, 4.69) is 10.3 Å². The summed E-state index contributed by atoms with van der Waals surface area (Å²) >= 11 is 0. The summed E-state index contributed by atoms with van der Waals surface area (Å²) in [7, 11) is 0. The van der Waals surface area contributed by atoms with E-state index in [0.29, 0.717) is 12.1 Å². The zero-order valence-corrected chi connectivity index (χ0v) is 15.1. The molecule has 0 fully saturated rings. The van der Waals surface area contributed by atoms with Crippen LogP contribution in [0.15, 0.2) is 18.2 Å². The minimum Gasteiger partial charge on any atom is -0.396 e. The Hall–Kier alpha value is -2.34. The molecule has 1 aromatic carbocycles. The molecule has 0 saturated carbocycles. The molecule has 6 heteroatoms. The molecule has 1 atom stereocenters. The van der Waals surface area contributed by atoms with Crippen molar-refractivity contribution in [2.24, 2.45) is 0 Å². The van der Waals surface area contributed by atoms with Crippen LogP contribution in [0.5, 0.6) is 0 Å². The second-order valence-corrected chi connectivity index (χ2v) is 7.83. The summed E-state index contributed by atoms with van der Waals surface area (Å²) < 4.78 is 0. The zero-order valence-electron chi connectivity index (χ0n) is 15.1. The van der Waals surface area contributed by atoms with E-state index < -0.39 is 0 Å². The van der Waals surface area contributed by atoms with Crippen LogP contribution in [0, 0.1) is 6.92 Å². The standard InChI is InChI=1S/C19H25N3O3/c1-11-5-6-14-13(7-11)16-17(20-14)12(10-23)8-22(18(16)25)9-15(24)21-19(2,3)4/h5-7,12,20,23H,8-10H2,1-4H3,(H,21,24). The molecular formula is C19H25N3O3. The summed E-state index contributed by atoms with van der Waals surface area (Å²) in [6.45, 7) is 7.92. The molecular weight excluding hydrogens is 318 g/mol. The first-order valence-corrected chi connectivity index (χ1v) is 8.53. The Labute approximate surface area is 147 Å². The summed E-state index contributed by atoms with van der Waals surface area (Å²) in [5.74, 6) is -0.583. The third kappa shape index (κ3) is 3.39. The molecule has 3 rings (SSSR count). The van der Waals surface area contributed by atoms with Crippen LogP contribution in [0.1, 0.15) is 48.3 Å². The van der Waals surface area contributed by atoms with Gasteiger partial charge in [-0.25, -0.2) is 0 Å². The topological polar surface area (TPSA) is 85.4 Å². The number of carbonyl (C=O) groups is 2. The van der Waals surface area contributed by atoms with E-state index in [1.54, 1.807) is 0 Å². The highest BCUT2D eigenvalue weighted by Gasteiger charge is 2.35. The van der Waals surface area contributed by atoms with Gasteiger partial charge in [-0.15, -0.1) is 0 Å². The van der Waals surface area contributed by atoms with Crippen LogP contribution in [0.2, 0.25) is 0 Å². The van der Waals surface area contributed by atoms with E-state index in [0.717, 1.165) is 22.2 Å². The van der Waals surface area contributed by atoms with Crippen molar-refractivity contribution in [2.75, 3.05) is 19.7 Å². The molecule has 2 heterocycles. The largest absolute Gasteiger partial charge is 0.396 e. The van der Waals surface area contributed by atoms with E-state index in [9.17, 15) is 14.7 Å². The molecule has 0 spiro atoms. The predicted octanol–water partition coefficient (Wildman–Crippen LogP) is 1.92. The molecule has 25 heavy (non-hydrogen) atoms. The molecule has 2 amide bonds. The van der Waals surface area contributed by atoms with Crippen molar-refractivity contribution in [1.82, 2.24) is 15.2 Å². The van der Waals surface area contributed by atoms with Crippen molar-refractivity contribution in [3.8, 4) is 0 Å². The molecule has 1 aliphatic heterocycles. The lowest BCUT2D eigenvalue weighted by Crippen LogP contribution is -2.49. The number of fused-ring (bicyclic) bond motifs is 3. The number of benzene rings is 1. The Bertz CT molecular complexity index is 832. The average molecular weight is 343 g/mol. The first kappa shape index (κ1) is 17.5. The predicted molar refractivity (Wildman–Crippen MR) is 96.7 cm³/mol. The van der Waals surface area contributed by atoms with Crippen molar-refractivity contribution in [3.63, 3.8) is 0 Å². The van der Waals surface area contributed by atoms with Crippen molar-refractivity contribution < 1.29 is 14.7 Å². The Morgan fingerprint density at radius 2 is 2.12 bits per heavy atom. The second-order valence-electron chi connectivity index (χ2n) is 7.83. The lowest BCUT2D eigenvalue weighted by molar-refractivity contribution is -0.123. The van der Waals surface area contributed by atoms with Crippen LogP contribution < -0.4 is 5.32 Å². The van der Waals surface area contributed by atoms with Gasteiger partial charge < -0.3 is 20.3 Å². The number of aliphatic hydroxyl groups excluding tert-OH is 1. The molecule has 0 aliphatic carbocycles. The third-order valence-electron chi connectivity index (χ3n) is 4.40. The van der Waals surface area contributed by atoms with Crippen LogP contribution in [0.3, 0.4) is 0 Å². The Kier molecular flexibility index (Phi) is 4.33. The monoisotopic (exact) mass is 343 g/mol. The molecule has 3 N–H and O–H groups in total. The maximum absolute atomic E-state index is 13.0. The Morgan fingerprint density at radius 1 is 1.40 bits per heavy atom. The van der Waals surface area contributed by atoms with E-state index in [1.807, 2.05) is 45.9 Å². The van der Waals surface area contributed by atoms with E-state index in [1.165, 1.54) is 4.90 Å². The Morgan fingerprint density at radius 3 is 2.76 bits per heavy atom. The summed E-state index contributed by atoms with van der Waals surface area (Å²) in [5, 5.41) is 13.5. The number of aryl methyl sites for hydroxylation is 1. The molecule has 0 saturated heterocycles. The summed E-state index contributed by atoms with van der Waals surface area (Å²) in [6, 6.07) is 5.90. The SMILES string of the molecule is Cc1ccc2[nH]c3c(c2c1)C(=O)N(CC(=O)NC(C)(C)C)CC3CO. The van der Waals surface area contributed by atoms with Gasteiger partial charge in [0.2, 0.25) is 5.91 Å². The maximum Gasteiger partial charge on any atom is 0.256 e. The first-order chi connectivity index (χ1) is 11.7. The van der Waals surface area contributed by atoms with Gasteiger partial charge in [-0.05, 0) is 39.8 Å². The number of H-pyrrole nitrogens is 1. The molecule has 1 aliphatic rings. The fourth-order valence-corrected chi connectivity index (χ4v) is 3.38. The van der Waals surface area contributed by atoms with Gasteiger partial charge in [0, 0.05) is 34.6 Å². The highest BCUT2D eigenvalue weighted by molar-refractivity contribution is 6.10. The maximum atomic E-state index is 13.0. The normalized spacial score (nSPS) is 17.7. The number of aromatic nitrogens is 1. The number of nitrogens with one attached hydrogen (secondary N) is 2. The third-order valence-corrected chi connectivity index (χ3v) is 4.40. The van der Waals surface area contributed by atoms with Crippen molar-refractivity contribution >= 4 is 22.7 Å². The Balaban J connectivity index is 1.96. The molecule has 1 unspecified atom stereocenters.